The minimum Gasteiger partial charge on any atom is -0.339 e. The number of hydrogen-bond acceptors (Lipinski definition) is 3. The fraction of sp³-hybridized carbons (Fsp3) is 0.230. The van der Waals surface area contributed by atoms with Crippen molar-refractivity contribution in [3.63, 3.8) is 0 Å². The first-order chi connectivity index (χ1) is 31.6. The van der Waals surface area contributed by atoms with Crippen molar-refractivity contribution in [3.05, 3.63) is 210 Å². The Balaban J connectivity index is 1.17. The van der Waals surface area contributed by atoms with Gasteiger partial charge in [0.15, 0.2) is 6.17 Å². The molecule has 1 aliphatic heterocycles. The molecule has 65 heavy (non-hydrogen) atoms. The van der Waals surface area contributed by atoms with Crippen molar-refractivity contribution in [1.29, 1.82) is 0 Å². The van der Waals surface area contributed by atoms with E-state index in [0.717, 1.165) is 35.8 Å². The number of nitrogens with zero attached hydrogens (tertiary/aromatic N) is 4. The monoisotopic (exact) mass is 849 g/mol. The number of aromatic nitrogens is 1. The maximum absolute atomic E-state index is 2.67. The number of hydrogen-bond donors (Lipinski definition) is 0. The smallest absolute Gasteiger partial charge is 0.187 e. The van der Waals surface area contributed by atoms with Crippen molar-refractivity contribution >= 4 is 61.0 Å². The summed E-state index contributed by atoms with van der Waals surface area (Å²) >= 11 is 0. The molecule has 1 saturated heterocycles. The predicted octanol–water partition coefficient (Wildman–Crippen LogP) is 16.8. The molecule has 1 aliphatic rings. The van der Waals surface area contributed by atoms with Crippen LogP contribution in [0.5, 0.6) is 0 Å². The number of benzene rings is 8. The van der Waals surface area contributed by atoms with Crippen LogP contribution in [0.1, 0.15) is 107 Å². The van der Waals surface area contributed by atoms with Gasteiger partial charge in [0.2, 0.25) is 0 Å². The van der Waals surface area contributed by atoms with E-state index >= 15 is 0 Å². The van der Waals surface area contributed by atoms with Crippen LogP contribution in [0.4, 0.5) is 28.4 Å². The molecule has 325 valence electrons. The van der Waals surface area contributed by atoms with Crippen LogP contribution in [0.3, 0.4) is 0 Å². The number of rotatable bonds is 11. The Bertz CT molecular complexity index is 3010. The molecule has 1 fully saturated rings. The van der Waals surface area contributed by atoms with Gasteiger partial charge in [-0.2, -0.15) is 0 Å². The SMILES string of the molecule is CC(C)c1cccc(C(C)C)c1N1CCN(c2c(C(C)C)cccc2C(C)C)[C]1c1ccc(N(c2ccc3c(c2)c2ccccc2n3-c2ccccc2)c2cccc3ccccc23)cc1. The van der Waals surface area contributed by atoms with Crippen LogP contribution in [0.2, 0.25) is 0 Å². The zero-order chi connectivity index (χ0) is 44.9. The molecule has 10 rings (SSSR count). The molecule has 0 bridgehead atoms. The van der Waals surface area contributed by atoms with Gasteiger partial charge in [-0.3, -0.25) is 0 Å². The molecule has 0 spiro atoms. The Labute approximate surface area is 386 Å². The van der Waals surface area contributed by atoms with Gasteiger partial charge >= 0.3 is 0 Å². The highest BCUT2D eigenvalue weighted by molar-refractivity contribution is 6.11. The molecular formula is C61H61N4. The number of fused-ring (bicyclic) bond motifs is 4. The standard InChI is InChI=1S/C61H61N4/c1-40(2)49-25-17-26-50(41(3)4)59(49)62-37-38-63(60-51(42(5)6)27-18-28-52(60)43(7)8)61(62)45-31-33-47(34-32-45)64(56-30-16-20-44-19-12-13-23-53(44)56)48-35-36-58-55(39-48)54-24-14-15-29-57(54)65(58)46-21-10-9-11-22-46/h9-36,39-43H,37-38H2,1-8H3. The second-order valence-corrected chi connectivity index (χ2v) is 19.1. The summed E-state index contributed by atoms with van der Waals surface area (Å²) in [5.41, 5.74) is 16.5. The number of anilines is 5. The van der Waals surface area contributed by atoms with E-state index in [0.29, 0.717) is 23.7 Å². The van der Waals surface area contributed by atoms with Crippen molar-refractivity contribution in [2.75, 3.05) is 27.8 Å². The molecule has 0 unspecified atom stereocenters. The third kappa shape index (κ3) is 7.43. The van der Waals surface area contributed by atoms with E-state index in [-0.39, 0.29) is 0 Å². The molecule has 0 saturated carbocycles. The average molecular weight is 850 g/mol. The van der Waals surface area contributed by atoms with Gasteiger partial charge in [-0.15, -0.1) is 0 Å². The fourth-order valence-corrected chi connectivity index (χ4v) is 10.5. The Morgan fingerprint density at radius 3 is 1.46 bits per heavy atom. The predicted molar refractivity (Wildman–Crippen MR) is 279 cm³/mol. The van der Waals surface area contributed by atoms with Gasteiger partial charge in [-0.05, 0) is 106 Å². The van der Waals surface area contributed by atoms with Crippen LogP contribution < -0.4 is 14.7 Å². The minimum atomic E-state index is 0.379. The zero-order valence-electron chi connectivity index (χ0n) is 39.3. The first-order valence-electron chi connectivity index (χ1n) is 23.7. The van der Waals surface area contributed by atoms with E-state index in [1.165, 1.54) is 77.9 Å². The molecular weight excluding hydrogens is 789 g/mol. The van der Waals surface area contributed by atoms with Crippen molar-refractivity contribution < 1.29 is 0 Å². The Morgan fingerprint density at radius 2 is 0.877 bits per heavy atom. The molecule has 4 heteroatoms. The Hall–Kier alpha value is -6.78. The highest BCUT2D eigenvalue weighted by Crippen LogP contribution is 2.48. The second kappa shape index (κ2) is 17.3. The van der Waals surface area contributed by atoms with E-state index in [4.69, 9.17) is 0 Å². The maximum atomic E-state index is 2.67. The lowest BCUT2D eigenvalue weighted by Gasteiger charge is -2.37. The van der Waals surface area contributed by atoms with Crippen LogP contribution in [0.25, 0.3) is 38.3 Å². The van der Waals surface area contributed by atoms with Crippen LogP contribution in [-0.2, 0) is 0 Å². The molecule has 8 aromatic carbocycles. The summed E-state index contributed by atoms with van der Waals surface area (Å²) in [5.74, 6) is 1.51. The molecule has 9 aromatic rings. The van der Waals surface area contributed by atoms with E-state index in [1.807, 2.05) is 0 Å². The molecule has 0 aliphatic carbocycles. The van der Waals surface area contributed by atoms with E-state index in [2.05, 4.69) is 251 Å². The van der Waals surface area contributed by atoms with Gasteiger partial charge in [-0.1, -0.05) is 177 Å². The molecule has 0 amide bonds. The molecule has 0 N–H and O–H groups in total. The summed E-state index contributed by atoms with van der Waals surface area (Å²) in [6.07, 6.45) is 1.26. The summed E-state index contributed by atoms with van der Waals surface area (Å²) in [5, 5.41) is 4.90. The molecule has 4 nitrogen and oxygen atoms in total. The van der Waals surface area contributed by atoms with Crippen LogP contribution in [0, 0.1) is 6.17 Å². The van der Waals surface area contributed by atoms with E-state index in [9.17, 15) is 0 Å². The van der Waals surface area contributed by atoms with Crippen LogP contribution in [0.15, 0.2) is 176 Å². The van der Waals surface area contributed by atoms with Crippen molar-refractivity contribution in [1.82, 2.24) is 4.57 Å². The highest BCUT2D eigenvalue weighted by Gasteiger charge is 2.40. The summed E-state index contributed by atoms with van der Waals surface area (Å²) in [6, 6.07) is 65.4. The third-order valence-corrected chi connectivity index (χ3v) is 13.6. The largest absolute Gasteiger partial charge is 0.339 e. The van der Waals surface area contributed by atoms with Crippen LogP contribution in [-0.4, -0.2) is 17.7 Å². The highest BCUT2D eigenvalue weighted by atomic mass is 15.4. The van der Waals surface area contributed by atoms with Crippen molar-refractivity contribution in [2.45, 2.75) is 79.1 Å². The fourth-order valence-electron chi connectivity index (χ4n) is 10.5. The van der Waals surface area contributed by atoms with Gasteiger partial charge < -0.3 is 19.3 Å². The first-order valence-corrected chi connectivity index (χ1v) is 23.7. The van der Waals surface area contributed by atoms with E-state index in [1.54, 1.807) is 0 Å². The normalized spacial score (nSPS) is 13.5. The minimum absolute atomic E-state index is 0.379. The Kier molecular flexibility index (Phi) is 11.2. The second-order valence-electron chi connectivity index (χ2n) is 19.1. The Morgan fingerprint density at radius 1 is 0.400 bits per heavy atom. The maximum Gasteiger partial charge on any atom is 0.187 e. The zero-order valence-corrected chi connectivity index (χ0v) is 39.3. The quantitative estimate of drug-likeness (QED) is 0.129. The lowest BCUT2D eigenvalue weighted by Crippen LogP contribution is -2.34. The average Bonchev–Trinajstić information content (AvgIpc) is 3.91. The summed E-state index contributed by atoms with van der Waals surface area (Å²) in [7, 11) is 0. The van der Waals surface area contributed by atoms with Gasteiger partial charge in [0.1, 0.15) is 0 Å². The lowest BCUT2D eigenvalue weighted by molar-refractivity contribution is 0.799. The van der Waals surface area contributed by atoms with Gasteiger partial charge in [0.05, 0.1) is 16.7 Å². The third-order valence-electron chi connectivity index (χ3n) is 13.6. The summed E-state index contributed by atoms with van der Waals surface area (Å²) in [6.45, 7) is 20.5. The lowest BCUT2D eigenvalue weighted by atomic mass is 9.90. The summed E-state index contributed by atoms with van der Waals surface area (Å²) < 4.78 is 2.39. The molecule has 0 atom stereocenters. The van der Waals surface area contributed by atoms with Crippen molar-refractivity contribution in [3.8, 4) is 5.69 Å². The van der Waals surface area contributed by atoms with Crippen molar-refractivity contribution in [2.24, 2.45) is 0 Å². The van der Waals surface area contributed by atoms with Crippen LogP contribution >= 0.6 is 0 Å². The van der Waals surface area contributed by atoms with Gasteiger partial charge in [0, 0.05) is 63.2 Å². The topological polar surface area (TPSA) is 14.7 Å². The molecule has 1 aromatic heterocycles. The van der Waals surface area contributed by atoms with Gasteiger partial charge in [-0.25, -0.2) is 0 Å². The summed E-state index contributed by atoms with van der Waals surface area (Å²) in [4.78, 5) is 7.80. The molecule has 2 heterocycles. The molecule has 1 radical (unpaired) electrons. The first kappa shape index (κ1) is 42.2. The van der Waals surface area contributed by atoms with Gasteiger partial charge in [0.25, 0.3) is 0 Å². The number of para-hydroxylation sites is 4. The van der Waals surface area contributed by atoms with E-state index < -0.39 is 0 Å².